The van der Waals surface area contributed by atoms with Crippen molar-refractivity contribution in [1.82, 2.24) is 10.2 Å². The van der Waals surface area contributed by atoms with Gasteiger partial charge in [0.25, 0.3) is 10.0 Å². The van der Waals surface area contributed by atoms with Crippen LogP contribution in [-0.4, -0.2) is 44.3 Å². The lowest BCUT2D eigenvalue weighted by atomic mass is 10.1. The maximum atomic E-state index is 13.7. The number of aryl methyl sites for hydroxylation is 1. The molecule has 0 unspecified atom stereocenters. The zero-order chi connectivity index (χ0) is 27.2. The number of likely N-dealkylation sites (N-methyl/N-ethyl adjacent to an activating group) is 1. The molecule has 2 amide bonds. The van der Waals surface area contributed by atoms with Gasteiger partial charge in [0.2, 0.25) is 11.8 Å². The molecule has 1 N–H and O–H groups in total. The highest BCUT2D eigenvalue weighted by Crippen LogP contribution is 2.25. The number of benzene rings is 3. The summed E-state index contributed by atoms with van der Waals surface area (Å²) in [7, 11) is -4.21. The fourth-order valence-corrected chi connectivity index (χ4v) is 5.34. The van der Waals surface area contributed by atoms with Crippen LogP contribution in [0.2, 0.25) is 5.02 Å². The standard InChI is InChI=1S/C27H29ClFN3O4S/c1-4-30-27(34)20(3)31(17-21-6-5-7-22(28)16-21)26(33)18-32(24-12-10-23(29)11-13-24)37(35,36)25-14-8-19(2)9-15-25/h5-16,20H,4,17-18H2,1-3H3,(H,30,34)/t20-/m1/s1. The van der Waals surface area contributed by atoms with E-state index < -0.39 is 34.3 Å². The first-order valence-corrected chi connectivity index (χ1v) is 13.5. The van der Waals surface area contributed by atoms with Crippen LogP contribution < -0.4 is 9.62 Å². The third kappa shape index (κ3) is 7.08. The Balaban J connectivity index is 2.02. The van der Waals surface area contributed by atoms with Crippen LogP contribution in [0.4, 0.5) is 10.1 Å². The first-order valence-electron chi connectivity index (χ1n) is 11.7. The van der Waals surface area contributed by atoms with Crippen molar-refractivity contribution in [3.63, 3.8) is 0 Å². The van der Waals surface area contributed by atoms with Crippen LogP contribution in [0.1, 0.15) is 25.0 Å². The molecule has 0 saturated carbocycles. The van der Waals surface area contributed by atoms with Crippen molar-refractivity contribution in [3.8, 4) is 0 Å². The van der Waals surface area contributed by atoms with E-state index in [4.69, 9.17) is 11.6 Å². The highest BCUT2D eigenvalue weighted by molar-refractivity contribution is 7.92. The number of rotatable bonds is 10. The number of hydrogen-bond acceptors (Lipinski definition) is 4. The summed E-state index contributed by atoms with van der Waals surface area (Å²) in [5.41, 5.74) is 1.65. The SMILES string of the molecule is CCNC(=O)[C@@H](C)N(Cc1cccc(Cl)c1)C(=O)CN(c1ccc(F)cc1)S(=O)(=O)c1ccc(C)cc1. The maximum Gasteiger partial charge on any atom is 0.264 e. The first kappa shape index (κ1) is 28.1. The molecule has 0 aromatic heterocycles. The Bertz CT molecular complexity index is 1350. The lowest BCUT2D eigenvalue weighted by molar-refractivity contribution is -0.139. The van der Waals surface area contributed by atoms with Gasteiger partial charge in [-0.05, 0) is 74.9 Å². The molecule has 0 spiro atoms. The van der Waals surface area contributed by atoms with Crippen molar-refractivity contribution in [2.45, 2.75) is 38.3 Å². The number of hydrogen-bond donors (Lipinski definition) is 1. The molecule has 3 rings (SSSR count). The Hall–Kier alpha value is -3.43. The van der Waals surface area contributed by atoms with Crippen LogP contribution in [0.25, 0.3) is 0 Å². The van der Waals surface area contributed by atoms with Crippen LogP contribution in [0.5, 0.6) is 0 Å². The lowest BCUT2D eigenvalue weighted by Gasteiger charge is -2.32. The van der Waals surface area contributed by atoms with Crippen molar-refractivity contribution in [2.24, 2.45) is 0 Å². The molecule has 0 saturated heterocycles. The molecule has 0 heterocycles. The molecule has 0 aliphatic rings. The molecule has 0 aliphatic carbocycles. The van der Waals surface area contributed by atoms with E-state index >= 15 is 0 Å². The molecule has 3 aromatic carbocycles. The van der Waals surface area contributed by atoms with Crippen molar-refractivity contribution in [2.75, 3.05) is 17.4 Å². The molecule has 0 bridgehead atoms. The summed E-state index contributed by atoms with van der Waals surface area (Å²) in [6, 6.07) is 17.0. The quantitative estimate of drug-likeness (QED) is 0.405. The molecular weight excluding hydrogens is 517 g/mol. The highest BCUT2D eigenvalue weighted by Gasteiger charge is 2.32. The van der Waals surface area contributed by atoms with Crippen LogP contribution >= 0.6 is 11.6 Å². The Labute approximate surface area is 221 Å². The number of carbonyl (C=O) groups is 2. The summed E-state index contributed by atoms with van der Waals surface area (Å²) in [5, 5.41) is 3.16. The van der Waals surface area contributed by atoms with Crippen LogP contribution in [-0.2, 0) is 26.2 Å². The second-order valence-corrected chi connectivity index (χ2v) is 10.8. The molecule has 37 heavy (non-hydrogen) atoms. The van der Waals surface area contributed by atoms with Gasteiger partial charge in [0.05, 0.1) is 10.6 Å². The Morgan fingerprint density at radius 3 is 2.27 bits per heavy atom. The monoisotopic (exact) mass is 545 g/mol. The van der Waals surface area contributed by atoms with Crippen molar-refractivity contribution in [1.29, 1.82) is 0 Å². The Morgan fingerprint density at radius 1 is 1.03 bits per heavy atom. The number of nitrogens with one attached hydrogen (secondary N) is 1. The fraction of sp³-hybridized carbons (Fsp3) is 0.259. The second-order valence-electron chi connectivity index (χ2n) is 8.52. The second kappa shape index (κ2) is 12.2. The van der Waals surface area contributed by atoms with E-state index in [2.05, 4.69) is 5.32 Å². The van der Waals surface area contributed by atoms with Gasteiger partial charge >= 0.3 is 0 Å². The zero-order valence-electron chi connectivity index (χ0n) is 20.8. The predicted octanol–water partition coefficient (Wildman–Crippen LogP) is 4.54. The van der Waals surface area contributed by atoms with Gasteiger partial charge in [-0.3, -0.25) is 13.9 Å². The van der Waals surface area contributed by atoms with Gasteiger partial charge in [-0.1, -0.05) is 41.4 Å². The minimum Gasteiger partial charge on any atom is -0.355 e. The van der Waals surface area contributed by atoms with E-state index in [9.17, 15) is 22.4 Å². The first-order chi connectivity index (χ1) is 17.5. The molecule has 0 radical (unpaired) electrons. The van der Waals surface area contributed by atoms with E-state index in [0.29, 0.717) is 17.1 Å². The molecular formula is C27H29ClFN3O4S. The third-order valence-corrected chi connectivity index (χ3v) is 7.79. The normalized spacial score (nSPS) is 12.0. The molecule has 196 valence electrons. The van der Waals surface area contributed by atoms with Gasteiger partial charge in [0.15, 0.2) is 0 Å². The Kier molecular flexibility index (Phi) is 9.29. The van der Waals surface area contributed by atoms with Crippen LogP contribution in [0, 0.1) is 12.7 Å². The molecule has 0 fully saturated rings. The number of carbonyl (C=O) groups excluding carboxylic acids is 2. The third-order valence-electron chi connectivity index (χ3n) is 5.76. The lowest BCUT2D eigenvalue weighted by Crippen LogP contribution is -2.51. The number of nitrogens with zero attached hydrogens (tertiary/aromatic N) is 2. The van der Waals surface area contributed by atoms with Gasteiger partial charge in [0, 0.05) is 18.1 Å². The average molecular weight is 546 g/mol. The fourth-order valence-electron chi connectivity index (χ4n) is 3.71. The topological polar surface area (TPSA) is 86.8 Å². The summed E-state index contributed by atoms with van der Waals surface area (Å²) in [4.78, 5) is 27.7. The zero-order valence-corrected chi connectivity index (χ0v) is 22.4. The van der Waals surface area contributed by atoms with Gasteiger partial charge in [-0.25, -0.2) is 12.8 Å². The Morgan fingerprint density at radius 2 is 1.68 bits per heavy atom. The van der Waals surface area contributed by atoms with E-state index in [1.54, 1.807) is 50.2 Å². The van der Waals surface area contributed by atoms with E-state index in [-0.39, 0.29) is 23.0 Å². The van der Waals surface area contributed by atoms with E-state index in [1.165, 1.54) is 29.2 Å². The minimum atomic E-state index is -4.21. The van der Waals surface area contributed by atoms with Crippen LogP contribution in [0.15, 0.2) is 77.7 Å². The maximum absolute atomic E-state index is 13.7. The predicted molar refractivity (Wildman–Crippen MR) is 142 cm³/mol. The summed E-state index contributed by atoms with van der Waals surface area (Å²) in [6.45, 7) is 4.95. The summed E-state index contributed by atoms with van der Waals surface area (Å²) in [5.74, 6) is -1.54. The van der Waals surface area contributed by atoms with Crippen molar-refractivity contribution in [3.05, 3.63) is 94.8 Å². The summed E-state index contributed by atoms with van der Waals surface area (Å²) < 4.78 is 41.9. The van der Waals surface area contributed by atoms with Crippen molar-refractivity contribution >= 4 is 39.1 Å². The highest BCUT2D eigenvalue weighted by atomic mass is 35.5. The van der Waals surface area contributed by atoms with E-state index in [1.807, 2.05) is 6.92 Å². The summed E-state index contributed by atoms with van der Waals surface area (Å²) in [6.07, 6.45) is 0. The molecule has 0 aliphatic heterocycles. The smallest absolute Gasteiger partial charge is 0.264 e. The molecule has 10 heteroatoms. The minimum absolute atomic E-state index is 0.0200. The number of halogens is 2. The van der Waals surface area contributed by atoms with Gasteiger partial charge in [0.1, 0.15) is 18.4 Å². The van der Waals surface area contributed by atoms with Gasteiger partial charge in [-0.15, -0.1) is 0 Å². The molecule has 7 nitrogen and oxygen atoms in total. The number of anilines is 1. The van der Waals surface area contributed by atoms with Crippen molar-refractivity contribution < 1.29 is 22.4 Å². The van der Waals surface area contributed by atoms with Gasteiger partial charge in [-0.2, -0.15) is 0 Å². The van der Waals surface area contributed by atoms with E-state index in [0.717, 1.165) is 22.0 Å². The number of sulfonamides is 1. The molecule has 1 atom stereocenters. The van der Waals surface area contributed by atoms with Gasteiger partial charge < -0.3 is 10.2 Å². The molecule has 3 aromatic rings. The average Bonchev–Trinajstić information content (AvgIpc) is 2.86. The van der Waals surface area contributed by atoms with Crippen LogP contribution in [0.3, 0.4) is 0 Å². The largest absolute Gasteiger partial charge is 0.355 e. The summed E-state index contributed by atoms with van der Waals surface area (Å²) >= 11 is 6.11. The number of amides is 2.